The largest absolute Gasteiger partial charge is 0.369 e. The molecule has 2 aliphatic rings. The van der Waals surface area contributed by atoms with Crippen LogP contribution in [0.25, 0.3) is 11.3 Å². The number of carbonyl (C=O) groups is 1. The van der Waals surface area contributed by atoms with Crippen LogP contribution >= 0.6 is 0 Å². The van der Waals surface area contributed by atoms with Gasteiger partial charge in [-0.15, -0.1) is 0 Å². The van der Waals surface area contributed by atoms with Crippen LogP contribution in [0.1, 0.15) is 48.3 Å². The molecule has 2 atom stereocenters. The van der Waals surface area contributed by atoms with Crippen molar-refractivity contribution in [3.8, 4) is 11.3 Å². The highest BCUT2D eigenvalue weighted by atomic mass is 16.2. The number of carbonyl (C=O) groups excluding carboxylic acids is 1. The highest BCUT2D eigenvalue weighted by Crippen LogP contribution is 2.45. The lowest BCUT2D eigenvalue weighted by Crippen LogP contribution is -2.52. The van der Waals surface area contributed by atoms with Crippen molar-refractivity contribution in [2.45, 2.75) is 37.1 Å². The summed E-state index contributed by atoms with van der Waals surface area (Å²) in [4.78, 5) is 24.2. The van der Waals surface area contributed by atoms with Crippen molar-refractivity contribution in [1.82, 2.24) is 19.7 Å². The fourth-order valence-electron chi connectivity index (χ4n) is 4.46. The van der Waals surface area contributed by atoms with Gasteiger partial charge in [0.05, 0.1) is 17.8 Å². The van der Waals surface area contributed by atoms with E-state index in [4.69, 9.17) is 10.7 Å². The van der Waals surface area contributed by atoms with Crippen molar-refractivity contribution < 1.29 is 4.79 Å². The van der Waals surface area contributed by atoms with Gasteiger partial charge in [0.15, 0.2) is 5.96 Å². The molecular formula is C24H26N6O. The van der Waals surface area contributed by atoms with E-state index in [1.54, 1.807) is 24.1 Å². The Morgan fingerprint density at radius 1 is 1.10 bits per heavy atom. The molecular weight excluding hydrogens is 388 g/mol. The summed E-state index contributed by atoms with van der Waals surface area (Å²) in [5.74, 6) is 0.343. The fraction of sp³-hybridized carbons (Fsp3) is 0.333. The molecule has 5 rings (SSSR count). The number of likely N-dealkylation sites (N-methyl/N-ethyl adjacent to an activating group) is 1. The smallest absolute Gasteiger partial charge is 0.239 e. The molecule has 7 nitrogen and oxygen atoms in total. The van der Waals surface area contributed by atoms with Crippen LogP contribution in [0.5, 0.6) is 0 Å². The quantitative estimate of drug-likeness (QED) is 0.710. The van der Waals surface area contributed by atoms with Crippen molar-refractivity contribution in [2.24, 2.45) is 17.8 Å². The molecule has 0 spiro atoms. The lowest BCUT2D eigenvalue weighted by atomic mass is 9.74. The van der Waals surface area contributed by atoms with Crippen LogP contribution in [0.3, 0.4) is 0 Å². The Hall–Kier alpha value is -3.48. The maximum Gasteiger partial charge on any atom is 0.239 e. The first-order valence-electron chi connectivity index (χ1n) is 10.5. The van der Waals surface area contributed by atoms with Crippen molar-refractivity contribution in [3.63, 3.8) is 0 Å². The Kier molecular flexibility index (Phi) is 4.43. The number of hydrogen-bond donors (Lipinski definition) is 1. The number of benzene rings is 1. The van der Waals surface area contributed by atoms with Crippen molar-refractivity contribution in [1.29, 1.82) is 0 Å². The molecule has 31 heavy (non-hydrogen) atoms. The molecule has 7 heteroatoms. The van der Waals surface area contributed by atoms with Gasteiger partial charge in [-0.1, -0.05) is 24.3 Å². The second-order valence-corrected chi connectivity index (χ2v) is 8.72. The summed E-state index contributed by atoms with van der Waals surface area (Å²) in [5.41, 5.74) is 10.2. The maximum absolute atomic E-state index is 13.5. The van der Waals surface area contributed by atoms with E-state index in [1.165, 1.54) is 23.3 Å². The van der Waals surface area contributed by atoms with Gasteiger partial charge in [0.1, 0.15) is 5.54 Å². The first-order valence-corrected chi connectivity index (χ1v) is 10.5. The Balaban J connectivity index is 1.62. The molecule has 1 aromatic carbocycles. The van der Waals surface area contributed by atoms with Crippen LogP contribution in [-0.4, -0.2) is 38.6 Å². The number of hydrogen-bond acceptors (Lipinski definition) is 5. The monoisotopic (exact) mass is 414 g/mol. The number of aromatic nitrogens is 3. The zero-order chi connectivity index (χ0) is 21.8. The van der Waals surface area contributed by atoms with Crippen LogP contribution in [-0.2, 0) is 17.4 Å². The highest BCUT2D eigenvalue weighted by Gasteiger charge is 2.47. The topological polar surface area (TPSA) is 89.4 Å². The van der Waals surface area contributed by atoms with E-state index in [1.807, 2.05) is 32.3 Å². The number of amides is 1. The SMILES string of the molecule is CN1C(=O)C(c2ccc(C3CC3)cc2)C(C)(c2ccnc(-c3cnn(C)c3)c2)N=C1N. The van der Waals surface area contributed by atoms with Crippen LogP contribution in [0.4, 0.5) is 0 Å². The van der Waals surface area contributed by atoms with Gasteiger partial charge in [0.25, 0.3) is 0 Å². The predicted octanol–water partition coefficient (Wildman–Crippen LogP) is 3.15. The van der Waals surface area contributed by atoms with E-state index in [9.17, 15) is 4.79 Å². The van der Waals surface area contributed by atoms with Crippen molar-refractivity contribution >= 4 is 11.9 Å². The third-order valence-electron chi connectivity index (χ3n) is 6.49. The molecule has 158 valence electrons. The van der Waals surface area contributed by atoms with Crippen molar-refractivity contribution in [3.05, 3.63) is 71.7 Å². The van der Waals surface area contributed by atoms with Gasteiger partial charge >= 0.3 is 0 Å². The standard InChI is InChI=1S/C24H26N6O/c1-24(19-10-11-26-20(12-19)18-13-27-29(2)14-18)21(22(31)30(3)23(25)28-24)17-8-6-16(7-9-17)15-4-5-15/h6-15,21H,4-5H2,1-3H3,(H2,25,28). The van der Waals surface area contributed by atoms with E-state index in [-0.39, 0.29) is 11.9 Å². The molecule has 0 bridgehead atoms. The average molecular weight is 415 g/mol. The number of aryl methyl sites for hydroxylation is 1. The molecule has 1 saturated carbocycles. The molecule has 0 saturated heterocycles. The molecule has 0 radical (unpaired) electrons. The van der Waals surface area contributed by atoms with Crippen LogP contribution < -0.4 is 5.73 Å². The average Bonchev–Trinajstić information content (AvgIpc) is 3.53. The summed E-state index contributed by atoms with van der Waals surface area (Å²) in [5, 5.41) is 4.24. The van der Waals surface area contributed by atoms with Gasteiger partial charge in [-0.2, -0.15) is 5.10 Å². The van der Waals surface area contributed by atoms with E-state index >= 15 is 0 Å². The molecule has 1 fully saturated rings. The molecule has 1 aliphatic carbocycles. The maximum atomic E-state index is 13.5. The Bertz CT molecular complexity index is 1180. The van der Waals surface area contributed by atoms with Gasteiger partial charge in [-0.3, -0.25) is 19.4 Å². The second kappa shape index (κ2) is 7.04. The number of nitrogens with zero attached hydrogens (tertiary/aromatic N) is 5. The summed E-state index contributed by atoms with van der Waals surface area (Å²) in [6, 6.07) is 12.3. The highest BCUT2D eigenvalue weighted by molar-refractivity contribution is 6.02. The lowest BCUT2D eigenvalue weighted by molar-refractivity contribution is -0.130. The van der Waals surface area contributed by atoms with E-state index in [0.717, 1.165) is 22.4 Å². The number of aliphatic imine (C=N–C) groups is 1. The minimum Gasteiger partial charge on any atom is -0.369 e. The number of rotatable bonds is 4. The molecule has 3 aromatic rings. The number of guanidine groups is 1. The molecule has 2 aromatic heterocycles. The Morgan fingerprint density at radius 2 is 1.81 bits per heavy atom. The normalized spacial score (nSPS) is 23.7. The van der Waals surface area contributed by atoms with Gasteiger partial charge in [0, 0.05) is 32.1 Å². The third-order valence-corrected chi connectivity index (χ3v) is 6.49. The summed E-state index contributed by atoms with van der Waals surface area (Å²) >= 11 is 0. The second-order valence-electron chi connectivity index (χ2n) is 8.72. The summed E-state index contributed by atoms with van der Waals surface area (Å²) in [6.07, 6.45) is 7.94. The van der Waals surface area contributed by atoms with Crippen LogP contribution in [0.2, 0.25) is 0 Å². The van der Waals surface area contributed by atoms with Gasteiger partial charge in [-0.25, -0.2) is 4.99 Å². The molecule has 1 aliphatic heterocycles. The van der Waals surface area contributed by atoms with Gasteiger partial charge in [0.2, 0.25) is 5.91 Å². The minimum absolute atomic E-state index is 0.0612. The molecule has 3 heterocycles. The van der Waals surface area contributed by atoms with Crippen LogP contribution in [0.15, 0.2) is 60.0 Å². The zero-order valence-corrected chi connectivity index (χ0v) is 18.0. The molecule has 1 amide bonds. The fourth-order valence-corrected chi connectivity index (χ4v) is 4.46. The Morgan fingerprint density at radius 3 is 2.45 bits per heavy atom. The zero-order valence-electron chi connectivity index (χ0n) is 18.0. The Labute approximate surface area is 181 Å². The van der Waals surface area contributed by atoms with E-state index in [0.29, 0.717) is 5.92 Å². The molecule has 2 N–H and O–H groups in total. The predicted molar refractivity (Wildman–Crippen MR) is 119 cm³/mol. The summed E-state index contributed by atoms with van der Waals surface area (Å²) in [6.45, 7) is 1.98. The first kappa shape index (κ1) is 19.5. The number of nitrogens with two attached hydrogens (primary N) is 1. The minimum atomic E-state index is -0.853. The van der Waals surface area contributed by atoms with Crippen LogP contribution in [0, 0.1) is 0 Å². The summed E-state index contributed by atoms with van der Waals surface area (Å²) < 4.78 is 1.74. The summed E-state index contributed by atoms with van der Waals surface area (Å²) in [7, 11) is 3.55. The van der Waals surface area contributed by atoms with E-state index in [2.05, 4.69) is 34.3 Å². The lowest BCUT2D eigenvalue weighted by Gasteiger charge is -2.41. The van der Waals surface area contributed by atoms with Gasteiger partial charge < -0.3 is 5.73 Å². The van der Waals surface area contributed by atoms with Crippen molar-refractivity contribution in [2.75, 3.05) is 7.05 Å². The first-order chi connectivity index (χ1) is 14.9. The third kappa shape index (κ3) is 3.30. The van der Waals surface area contributed by atoms with Gasteiger partial charge in [-0.05, 0) is 54.5 Å². The van der Waals surface area contributed by atoms with E-state index < -0.39 is 11.5 Å². The number of pyridine rings is 1. The molecule has 2 unspecified atom stereocenters.